The van der Waals surface area contributed by atoms with E-state index in [9.17, 15) is 9.59 Å². The number of hydrogen-bond acceptors (Lipinski definition) is 4. The third kappa shape index (κ3) is 3.54. The smallest absolute Gasteiger partial charge is 0.321 e. The van der Waals surface area contributed by atoms with Crippen LogP contribution in [0, 0.1) is 6.92 Å². The fraction of sp³-hybridized carbons (Fsp3) is 0.400. The number of thiazole rings is 1. The van der Waals surface area contributed by atoms with Gasteiger partial charge in [-0.05, 0) is 25.0 Å². The van der Waals surface area contributed by atoms with Gasteiger partial charge in [0.15, 0.2) is 0 Å². The molecule has 1 N–H and O–H groups in total. The van der Waals surface area contributed by atoms with Crippen LogP contribution in [-0.4, -0.2) is 27.5 Å². The molecule has 7 heteroatoms. The monoisotopic (exact) mass is 320 g/mol. The molecule has 0 aliphatic carbocycles. The van der Waals surface area contributed by atoms with Crippen molar-refractivity contribution in [2.24, 2.45) is 7.05 Å². The predicted octanol–water partition coefficient (Wildman–Crippen LogP) is 2.38. The Hall–Kier alpha value is -2.15. The third-order valence-electron chi connectivity index (χ3n) is 3.38. The second-order valence-corrected chi connectivity index (χ2v) is 6.35. The second-order valence-electron chi connectivity index (χ2n) is 5.15. The summed E-state index contributed by atoms with van der Waals surface area (Å²) < 4.78 is 1.44. The van der Waals surface area contributed by atoms with Crippen LogP contribution in [0.1, 0.15) is 22.4 Å². The molecule has 2 rings (SSSR count). The van der Waals surface area contributed by atoms with Gasteiger partial charge < -0.3 is 14.8 Å². The van der Waals surface area contributed by atoms with Gasteiger partial charge in [0.25, 0.3) is 5.56 Å². The van der Waals surface area contributed by atoms with Crippen molar-refractivity contribution in [3.8, 4) is 0 Å². The van der Waals surface area contributed by atoms with Gasteiger partial charge >= 0.3 is 6.03 Å². The molecule has 2 heterocycles. The highest BCUT2D eigenvalue weighted by Gasteiger charge is 2.15. The highest BCUT2D eigenvalue weighted by molar-refractivity contribution is 7.11. The zero-order chi connectivity index (χ0) is 16.3. The fourth-order valence-corrected chi connectivity index (χ4v) is 2.85. The Morgan fingerprint density at radius 1 is 1.50 bits per heavy atom. The molecule has 0 aromatic carbocycles. The van der Waals surface area contributed by atoms with Crippen molar-refractivity contribution in [3.63, 3.8) is 0 Å². The standard InChI is InChI=1S/C15H20N4O2S/c1-5-11-8-16-12(22-11)9-19(4)15(21)17-13-10(2)6-7-18(3)14(13)20/h6-8H,5,9H2,1-4H3,(H,17,21). The van der Waals surface area contributed by atoms with Crippen LogP contribution >= 0.6 is 11.3 Å². The highest BCUT2D eigenvalue weighted by Crippen LogP contribution is 2.15. The average molecular weight is 320 g/mol. The molecule has 0 atom stereocenters. The second kappa shape index (κ2) is 6.74. The van der Waals surface area contributed by atoms with Gasteiger partial charge in [0.05, 0.1) is 6.54 Å². The zero-order valence-electron chi connectivity index (χ0n) is 13.2. The normalized spacial score (nSPS) is 10.5. The van der Waals surface area contributed by atoms with E-state index in [2.05, 4.69) is 17.2 Å². The lowest BCUT2D eigenvalue weighted by molar-refractivity contribution is 0.220. The summed E-state index contributed by atoms with van der Waals surface area (Å²) in [4.78, 5) is 31.3. The van der Waals surface area contributed by atoms with Crippen LogP contribution in [0.5, 0.6) is 0 Å². The Kier molecular flexibility index (Phi) is 4.97. The summed E-state index contributed by atoms with van der Waals surface area (Å²) >= 11 is 1.60. The van der Waals surface area contributed by atoms with E-state index in [1.54, 1.807) is 44.6 Å². The Balaban J connectivity index is 2.09. The maximum atomic E-state index is 12.3. The molecule has 6 nitrogen and oxygen atoms in total. The number of hydrogen-bond donors (Lipinski definition) is 1. The molecule has 0 fully saturated rings. The van der Waals surface area contributed by atoms with Crippen LogP contribution in [-0.2, 0) is 20.0 Å². The summed E-state index contributed by atoms with van der Waals surface area (Å²) in [7, 11) is 3.34. The van der Waals surface area contributed by atoms with Crippen molar-refractivity contribution in [2.45, 2.75) is 26.8 Å². The first kappa shape index (κ1) is 16.2. The van der Waals surface area contributed by atoms with E-state index < -0.39 is 0 Å². The molecule has 0 saturated carbocycles. The van der Waals surface area contributed by atoms with E-state index in [1.807, 2.05) is 6.20 Å². The lowest BCUT2D eigenvalue weighted by atomic mass is 10.2. The van der Waals surface area contributed by atoms with E-state index in [-0.39, 0.29) is 11.6 Å². The van der Waals surface area contributed by atoms with Gasteiger partial charge in [-0.3, -0.25) is 4.79 Å². The summed E-state index contributed by atoms with van der Waals surface area (Å²) in [5, 5.41) is 3.57. The van der Waals surface area contributed by atoms with E-state index in [0.717, 1.165) is 17.0 Å². The molecule has 0 aliphatic rings. The molecule has 118 valence electrons. The number of carbonyl (C=O) groups is 1. The lowest BCUT2D eigenvalue weighted by Crippen LogP contribution is -2.34. The summed E-state index contributed by atoms with van der Waals surface area (Å²) in [6, 6.07) is 1.48. The number of urea groups is 1. The molecular formula is C15H20N4O2S. The number of rotatable bonds is 4. The number of aromatic nitrogens is 2. The number of nitrogens with zero attached hydrogens (tertiary/aromatic N) is 3. The average Bonchev–Trinajstić information content (AvgIpc) is 2.95. The first-order valence-corrected chi connectivity index (χ1v) is 7.86. The van der Waals surface area contributed by atoms with Crippen molar-refractivity contribution in [3.05, 3.63) is 44.3 Å². The van der Waals surface area contributed by atoms with Crippen molar-refractivity contribution in [1.29, 1.82) is 0 Å². The highest BCUT2D eigenvalue weighted by atomic mass is 32.1. The molecule has 0 unspecified atom stereocenters. The van der Waals surface area contributed by atoms with E-state index >= 15 is 0 Å². The van der Waals surface area contributed by atoms with E-state index in [4.69, 9.17) is 0 Å². The summed E-state index contributed by atoms with van der Waals surface area (Å²) in [5.74, 6) is 0. The van der Waals surface area contributed by atoms with Crippen LogP contribution in [0.3, 0.4) is 0 Å². The minimum Gasteiger partial charge on any atom is -0.321 e. The topological polar surface area (TPSA) is 67.2 Å². The van der Waals surface area contributed by atoms with Gasteiger partial charge in [-0.1, -0.05) is 6.92 Å². The van der Waals surface area contributed by atoms with Crippen LogP contribution in [0.15, 0.2) is 23.3 Å². The molecule has 2 aromatic heterocycles. The number of carbonyl (C=O) groups excluding carboxylic acids is 1. The number of anilines is 1. The Morgan fingerprint density at radius 2 is 2.23 bits per heavy atom. The van der Waals surface area contributed by atoms with Crippen molar-refractivity contribution < 1.29 is 4.79 Å². The maximum Gasteiger partial charge on any atom is 0.322 e. The minimum atomic E-state index is -0.320. The fourth-order valence-electron chi connectivity index (χ4n) is 1.93. The van der Waals surface area contributed by atoms with Crippen molar-refractivity contribution in [1.82, 2.24) is 14.5 Å². The third-order valence-corrected chi connectivity index (χ3v) is 4.50. The van der Waals surface area contributed by atoms with Crippen LogP contribution in [0.25, 0.3) is 0 Å². The van der Waals surface area contributed by atoms with E-state index in [0.29, 0.717) is 12.2 Å². The van der Waals surface area contributed by atoms with Gasteiger partial charge in [-0.2, -0.15) is 0 Å². The van der Waals surface area contributed by atoms with Crippen molar-refractivity contribution in [2.75, 3.05) is 12.4 Å². The number of amides is 2. The van der Waals surface area contributed by atoms with Gasteiger partial charge in [0.2, 0.25) is 0 Å². The molecule has 2 amide bonds. The molecule has 2 aromatic rings. The zero-order valence-corrected chi connectivity index (χ0v) is 14.0. The van der Waals surface area contributed by atoms with Gasteiger partial charge in [-0.15, -0.1) is 11.3 Å². The molecule has 0 radical (unpaired) electrons. The van der Waals surface area contributed by atoms with Gasteiger partial charge in [0, 0.05) is 31.4 Å². The first-order chi connectivity index (χ1) is 10.4. The van der Waals surface area contributed by atoms with Gasteiger partial charge in [0.1, 0.15) is 10.7 Å². The minimum absolute atomic E-state index is 0.218. The Morgan fingerprint density at radius 3 is 2.86 bits per heavy atom. The lowest BCUT2D eigenvalue weighted by Gasteiger charge is -2.17. The summed E-state index contributed by atoms with van der Waals surface area (Å²) in [5.41, 5.74) is 0.840. The van der Waals surface area contributed by atoms with Gasteiger partial charge in [-0.25, -0.2) is 9.78 Å². The largest absolute Gasteiger partial charge is 0.322 e. The molecule has 0 bridgehead atoms. The van der Waals surface area contributed by atoms with E-state index in [1.165, 1.54) is 14.3 Å². The van der Waals surface area contributed by atoms with Crippen molar-refractivity contribution >= 4 is 23.1 Å². The SMILES string of the molecule is CCc1cnc(CN(C)C(=O)Nc2c(C)ccn(C)c2=O)s1. The number of aryl methyl sites for hydroxylation is 3. The summed E-state index contributed by atoms with van der Waals surface area (Å²) in [6.45, 7) is 4.29. The van der Waals surface area contributed by atoms with Crippen LogP contribution in [0.4, 0.5) is 10.5 Å². The van der Waals surface area contributed by atoms with Crippen LogP contribution in [0.2, 0.25) is 0 Å². The number of pyridine rings is 1. The Bertz CT molecular complexity index is 735. The molecular weight excluding hydrogens is 300 g/mol. The first-order valence-electron chi connectivity index (χ1n) is 7.04. The summed E-state index contributed by atoms with van der Waals surface area (Å²) in [6.07, 6.45) is 4.45. The Labute approximate surface area is 133 Å². The predicted molar refractivity (Wildman–Crippen MR) is 88.4 cm³/mol. The molecule has 0 aliphatic heterocycles. The molecule has 0 saturated heterocycles. The molecule has 22 heavy (non-hydrogen) atoms. The number of nitrogens with one attached hydrogen (secondary N) is 1. The molecule has 0 spiro atoms. The van der Waals surface area contributed by atoms with Crippen LogP contribution < -0.4 is 10.9 Å². The quantitative estimate of drug-likeness (QED) is 0.940. The maximum absolute atomic E-state index is 12.3.